The SMILES string of the molecule is CCCC[NH3+].COC(=Cc1ccc(OCc2ccccc2)cc1)C(=O)[O-]. The molecule has 0 atom stereocenters. The summed E-state index contributed by atoms with van der Waals surface area (Å²) in [4.78, 5) is 10.7. The molecule has 0 amide bonds. The molecule has 0 spiro atoms. The second kappa shape index (κ2) is 12.6. The van der Waals surface area contributed by atoms with Gasteiger partial charge in [0.25, 0.3) is 0 Å². The first-order valence-electron chi connectivity index (χ1n) is 8.63. The van der Waals surface area contributed by atoms with Crippen LogP contribution >= 0.6 is 0 Å². The van der Waals surface area contributed by atoms with Gasteiger partial charge < -0.3 is 25.1 Å². The highest BCUT2D eigenvalue weighted by molar-refractivity contribution is 5.88. The summed E-state index contributed by atoms with van der Waals surface area (Å²) in [6, 6.07) is 16.9. The van der Waals surface area contributed by atoms with Crippen LogP contribution in [0.3, 0.4) is 0 Å². The monoisotopic (exact) mass is 357 g/mol. The van der Waals surface area contributed by atoms with Crippen molar-refractivity contribution in [1.82, 2.24) is 0 Å². The third-order valence-corrected chi connectivity index (χ3v) is 3.45. The molecule has 140 valence electrons. The van der Waals surface area contributed by atoms with Gasteiger partial charge in [0.1, 0.15) is 24.1 Å². The van der Waals surface area contributed by atoms with E-state index in [0.29, 0.717) is 17.9 Å². The first-order chi connectivity index (χ1) is 12.6. The Kier molecular flexibility index (Phi) is 10.3. The van der Waals surface area contributed by atoms with Gasteiger partial charge in [-0.25, -0.2) is 0 Å². The predicted octanol–water partition coefficient (Wildman–Crippen LogP) is 2.03. The molecule has 5 nitrogen and oxygen atoms in total. The van der Waals surface area contributed by atoms with E-state index >= 15 is 0 Å². The van der Waals surface area contributed by atoms with Crippen molar-refractivity contribution < 1.29 is 25.1 Å². The second-order valence-electron chi connectivity index (χ2n) is 5.55. The maximum atomic E-state index is 10.7. The van der Waals surface area contributed by atoms with Crippen molar-refractivity contribution >= 4 is 12.0 Å². The molecule has 3 N–H and O–H groups in total. The van der Waals surface area contributed by atoms with E-state index in [1.807, 2.05) is 30.3 Å². The van der Waals surface area contributed by atoms with Gasteiger partial charge in [0, 0.05) is 0 Å². The van der Waals surface area contributed by atoms with Crippen molar-refractivity contribution in [1.29, 1.82) is 0 Å². The van der Waals surface area contributed by atoms with Crippen LogP contribution in [0.5, 0.6) is 5.75 Å². The quantitative estimate of drug-likeness (QED) is 0.578. The van der Waals surface area contributed by atoms with E-state index in [-0.39, 0.29) is 5.76 Å². The number of hydrogen-bond acceptors (Lipinski definition) is 4. The molecule has 0 saturated carbocycles. The smallest absolute Gasteiger partial charge is 0.142 e. The standard InChI is InChI=1S/C17H16O4.C4H11N/c1-20-16(17(18)19)11-13-7-9-15(10-8-13)21-12-14-5-3-2-4-6-14;1-2-3-4-5/h2-11H,12H2,1H3,(H,18,19);2-5H2,1H3. The number of carbonyl (C=O) groups is 1. The van der Waals surface area contributed by atoms with Crippen LogP contribution < -0.4 is 15.6 Å². The third kappa shape index (κ3) is 8.35. The summed E-state index contributed by atoms with van der Waals surface area (Å²) in [5, 5.41) is 10.7. The molecule has 0 radical (unpaired) electrons. The number of carboxylic acids is 1. The topological polar surface area (TPSA) is 86.2 Å². The van der Waals surface area contributed by atoms with E-state index in [9.17, 15) is 9.90 Å². The van der Waals surface area contributed by atoms with Crippen molar-refractivity contribution in [2.45, 2.75) is 26.4 Å². The number of methoxy groups -OCH3 is 1. The molecular weight excluding hydrogens is 330 g/mol. The Balaban J connectivity index is 0.000000597. The molecule has 0 unspecified atom stereocenters. The molecule has 0 aromatic heterocycles. The van der Waals surface area contributed by atoms with Crippen molar-refractivity contribution in [3.63, 3.8) is 0 Å². The Labute approximate surface area is 155 Å². The lowest BCUT2D eigenvalue weighted by Crippen LogP contribution is -2.49. The Morgan fingerprint density at radius 1 is 1.12 bits per heavy atom. The molecular formula is C21H27NO4. The van der Waals surface area contributed by atoms with E-state index in [2.05, 4.69) is 12.7 Å². The van der Waals surface area contributed by atoms with E-state index in [1.165, 1.54) is 26.0 Å². The maximum absolute atomic E-state index is 10.7. The fourth-order valence-corrected chi connectivity index (χ4v) is 2.00. The average Bonchev–Trinajstić information content (AvgIpc) is 2.67. The molecule has 2 aromatic rings. The molecule has 2 rings (SSSR count). The number of carbonyl (C=O) groups excluding carboxylic acids is 1. The highest BCUT2D eigenvalue weighted by atomic mass is 16.5. The molecule has 0 bridgehead atoms. The Morgan fingerprint density at radius 2 is 1.77 bits per heavy atom. The highest BCUT2D eigenvalue weighted by Gasteiger charge is 1.99. The van der Waals surface area contributed by atoms with Gasteiger partial charge in [-0.15, -0.1) is 0 Å². The summed E-state index contributed by atoms with van der Waals surface area (Å²) in [7, 11) is 1.29. The van der Waals surface area contributed by atoms with E-state index < -0.39 is 5.97 Å². The van der Waals surface area contributed by atoms with Crippen LogP contribution in [-0.2, 0) is 16.1 Å². The fraction of sp³-hybridized carbons (Fsp3) is 0.286. The zero-order valence-electron chi connectivity index (χ0n) is 15.4. The van der Waals surface area contributed by atoms with Gasteiger partial charge >= 0.3 is 0 Å². The summed E-state index contributed by atoms with van der Waals surface area (Å²) in [6.07, 6.45) is 3.96. The molecule has 0 aliphatic carbocycles. The lowest BCUT2D eigenvalue weighted by molar-refractivity contribution is -0.368. The van der Waals surface area contributed by atoms with Gasteiger partial charge in [-0.1, -0.05) is 55.8 Å². The van der Waals surface area contributed by atoms with Gasteiger partial charge in [0.05, 0.1) is 13.7 Å². The van der Waals surface area contributed by atoms with E-state index in [0.717, 1.165) is 12.1 Å². The number of ether oxygens (including phenoxy) is 2. The predicted molar refractivity (Wildman–Crippen MR) is 99.9 cm³/mol. The minimum absolute atomic E-state index is 0.215. The van der Waals surface area contributed by atoms with Crippen LogP contribution in [-0.4, -0.2) is 19.6 Å². The number of unbranched alkanes of at least 4 members (excludes halogenated alkanes) is 1. The molecule has 26 heavy (non-hydrogen) atoms. The molecule has 2 aromatic carbocycles. The van der Waals surface area contributed by atoms with Crippen LogP contribution in [0.1, 0.15) is 30.9 Å². The van der Waals surface area contributed by atoms with Gasteiger partial charge in [0.2, 0.25) is 0 Å². The minimum Gasteiger partial charge on any atom is -0.542 e. The van der Waals surface area contributed by atoms with Crippen molar-refractivity contribution in [2.75, 3.05) is 13.7 Å². The Morgan fingerprint density at radius 3 is 2.23 bits per heavy atom. The molecule has 0 aliphatic rings. The number of rotatable bonds is 8. The summed E-state index contributed by atoms with van der Waals surface area (Å²) in [5.41, 5.74) is 5.46. The number of quaternary nitrogens is 1. The number of hydrogen-bond donors (Lipinski definition) is 1. The van der Waals surface area contributed by atoms with Crippen molar-refractivity contribution in [3.8, 4) is 5.75 Å². The summed E-state index contributed by atoms with van der Waals surface area (Å²) in [6.45, 7) is 3.75. The van der Waals surface area contributed by atoms with Crippen molar-refractivity contribution in [3.05, 3.63) is 71.5 Å². The largest absolute Gasteiger partial charge is 0.542 e. The molecule has 0 saturated heterocycles. The molecule has 0 aliphatic heterocycles. The number of aliphatic carboxylic acids is 1. The zero-order valence-corrected chi connectivity index (χ0v) is 15.4. The van der Waals surface area contributed by atoms with Gasteiger partial charge in [-0.05, 0) is 35.8 Å². The lowest BCUT2D eigenvalue weighted by atomic mass is 10.2. The van der Waals surface area contributed by atoms with Crippen molar-refractivity contribution in [2.24, 2.45) is 0 Å². The highest BCUT2D eigenvalue weighted by Crippen LogP contribution is 2.16. The summed E-state index contributed by atoms with van der Waals surface area (Å²) >= 11 is 0. The van der Waals surface area contributed by atoms with E-state index in [4.69, 9.17) is 9.47 Å². The summed E-state index contributed by atoms with van der Waals surface area (Å²) < 4.78 is 10.4. The number of benzene rings is 2. The molecule has 0 heterocycles. The normalized spacial score (nSPS) is 10.5. The fourth-order valence-electron chi connectivity index (χ4n) is 2.00. The Bertz CT molecular complexity index is 664. The van der Waals surface area contributed by atoms with Crippen LogP contribution in [0.4, 0.5) is 0 Å². The molecule has 5 heteroatoms. The first kappa shape index (κ1) is 21.3. The summed E-state index contributed by atoms with van der Waals surface area (Å²) in [5.74, 6) is -0.849. The first-order valence-corrected chi connectivity index (χ1v) is 8.63. The Hall–Kier alpha value is -2.79. The zero-order chi connectivity index (χ0) is 19.2. The van der Waals surface area contributed by atoms with Gasteiger partial charge in [0.15, 0.2) is 0 Å². The van der Waals surface area contributed by atoms with Gasteiger partial charge in [-0.2, -0.15) is 0 Å². The van der Waals surface area contributed by atoms with Crippen LogP contribution in [0.15, 0.2) is 60.4 Å². The third-order valence-electron chi connectivity index (χ3n) is 3.45. The van der Waals surface area contributed by atoms with Crippen LogP contribution in [0.2, 0.25) is 0 Å². The van der Waals surface area contributed by atoms with Crippen LogP contribution in [0.25, 0.3) is 6.08 Å². The average molecular weight is 357 g/mol. The van der Waals surface area contributed by atoms with Gasteiger partial charge in [-0.3, -0.25) is 0 Å². The van der Waals surface area contributed by atoms with Crippen LogP contribution in [0, 0.1) is 0 Å². The lowest BCUT2D eigenvalue weighted by Gasteiger charge is -2.08. The molecule has 0 fully saturated rings. The maximum Gasteiger partial charge on any atom is 0.142 e. The second-order valence-corrected chi connectivity index (χ2v) is 5.55. The number of carboxylic acid groups (broad SMARTS) is 1. The van der Waals surface area contributed by atoms with E-state index in [1.54, 1.807) is 24.3 Å². The minimum atomic E-state index is -1.35.